The fraction of sp³-hybridized carbons (Fsp3) is 0.857. The maximum Gasteiger partial charge on any atom is 0.223 e. The van der Waals surface area contributed by atoms with E-state index in [0.29, 0.717) is 38.8 Å². The number of hydrogen-bond donors (Lipinski definition) is 2. The van der Waals surface area contributed by atoms with Gasteiger partial charge in [-0.15, -0.1) is 0 Å². The number of amides is 2. The molecule has 114 valence electrons. The van der Waals surface area contributed by atoms with E-state index in [1.54, 1.807) is 4.90 Å². The summed E-state index contributed by atoms with van der Waals surface area (Å²) in [6.07, 6.45) is 2.67. The molecule has 2 saturated heterocycles. The smallest absolute Gasteiger partial charge is 0.223 e. The van der Waals surface area contributed by atoms with Gasteiger partial charge in [-0.25, -0.2) is 0 Å². The summed E-state index contributed by atoms with van der Waals surface area (Å²) in [5, 5.41) is 6.38. The van der Waals surface area contributed by atoms with E-state index >= 15 is 0 Å². The minimum absolute atomic E-state index is 0.0211. The van der Waals surface area contributed by atoms with Gasteiger partial charge in [-0.2, -0.15) is 0 Å². The second-order valence-electron chi connectivity index (χ2n) is 5.55. The SMILES string of the molecule is CC1NCCCC1NC(=O)CCC(=O)N1CCOCC1. The molecule has 0 saturated carbocycles. The van der Waals surface area contributed by atoms with E-state index in [1.807, 2.05) is 0 Å². The van der Waals surface area contributed by atoms with Gasteiger partial charge in [0.05, 0.1) is 13.2 Å². The summed E-state index contributed by atoms with van der Waals surface area (Å²) in [7, 11) is 0. The molecular weight excluding hydrogens is 258 g/mol. The Morgan fingerprint density at radius 2 is 2.05 bits per heavy atom. The molecule has 2 unspecified atom stereocenters. The van der Waals surface area contributed by atoms with Gasteiger partial charge in [0.2, 0.25) is 11.8 Å². The molecule has 20 heavy (non-hydrogen) atoms. The molecular formula is C14H25N3O3. The van der Waals surface area contributed by atoms with Crippen molar-refractivity contribution in [2.45, 2.75) is 44.7 Å². The van der Waals surface area contributed by atoms with E-state index in [0.717, 1.165) is 19.4 Å². The van der Waals surface area contributed by atoms with Gasteiger partial charge >= 0.3 is 0 Å². The topological polar surface area (TPSA) is 70.7 Å². The lowest BCUT2D eigenvalue weighted by Crippen LogP contribution is -2.52. The van der Waals surface area contributed by atoms with Gasteiger partial charge in [0.1, 0.15) is 0 Å². The molecule has 2 atom stereocenters. The van der Waals surface area contributed by atoms with Crippen LogP contribution in [0.3, 0.4) is 0 Å². The van der Waals surface area contributed by atoms with Crippen molar-refractivity contribution in [2.75, 3.05) is 32.8 Å². The fourth-order valence-electron chi connectivity index (χ4n) is 2.71. The van der Waals surface area contributed by atoms with Crippen LogP contribution in [0.25, 0.3) is 0 Å². The zero-order valence-electron chi connectivity index (χ0n) is 12.2. The first-order chi connectivity index (χ1) is 9.66. The van der Waals surface area contributed by atoms with Crippen LogP contribution >= 0.6 is 0 Å². The Hall–Kier alpha value is -1.14. The Morgan fingerprint density at radius 3 is 2.75 bits per heavy atom. The number of nitrogens with zero attached hydrogens (tertiary/aromatic N) is 1. The van der Waals surface area contributed by atoms with Crippen molar-refractivity contribution in [2.24, 2.45) is 0 Å². The molecule has 0 radical (unpaired) electrons. The predicted octanol–water partition coefficient (Wildman–Crippen LogP) is -0.118. The number of hydrogen-bond acceptors (Lipinski definition) is 4. The quantitative estimate of drug-likeness (QED) is 0.755. The zero-order valence-corrected chi connectivity index (χ0v) is 12.2. The van der Waals surface area contributed by atoms with Crippen LogP contribution in [0.2, 0.25) is 0 Å². The summed E-state index contributed by atoms with van der Waals surface area (Å²) < 4.78 is 5.21. The number of carbonyl (C=O) groups excluding carboxylic acids is 2. The monoisotopic (exact) mass is 283 g/mol. The third-order valence-electron chi connectivity index (χ3n) is 4.04. The van der Waals surface area contributed by atoms with Crippen molar-refractivity contribution in [1.82, 2.24) is 15.5 Å². The second-order valence-corrected chi connectivity index (χ2v) is 5.55. The molecule has 6 nitrogen and oxygen atoms in total. The number of ether oxygens (including phenoxy) is 1. The average Bonchev–Trinajstić information content (AvgIpc) is 2.48. The van der Waals surface area contributed by atoms with E-state index in [1.165, 1.54) is 0 Å². The van der Waals surface area contributed by atoms with E-state index in [-0.39, 0.29) is 24.3 Å². The van der Waals surface area contributed by atoms with Crippen LogP contribution in [0.5, 0.6) is 0 Å². The minimum atomic E-state index is -0.0211. The molecule has 2 rings (SSSR count). The molecule has 2 aliphatic heterocycles. The summed E-state index contributed by atoms with van der Waals surface area (Å²) in [4.78, 5) is 25.6. The first kappa shape index (κ1) is 15.3. The largest absolute Gasteiger partial charge is 0.378 e. The average molecular weight is 283 g/mol. The number of nitrogens with one attached hydrogen (secondary N) is 2. The molecule has 0 bridgehead atoms. The summed E-state index contributed by atoms with van der Waals surface area (Å²) in [6.45, 7) is 5.59. The highest BCUT2D eigenvalue weighted by Crippen LogP contribution is 2.09. The Morgan fingerprint density at radius 1 is 1.30 bits per heavy atom. The first-order valence-electron chi connectivity index (χ1n) is 7.55. The number of rotatable bonds is 4. The molecule has 0 aliphatic carbocycles. The van der Waals surface area contributed by atoms with Gasteiger partial charge < -0.3 is 20.3 Å². The molecule has 0 spiro atoms. The van der Waals surface area contributed by atoms with Crippen molar-refractivity contribution in [3.05, 3.63) is 0 Å². The summed E-state index contributed by atoms with van der Waals surface area (Å²) in [6, 6.07) is 0.498. The standard InChI is InChI=1S/C14H25N3O3/c1-11-12(3-2-6-15-11)16-13(18)4-5-14(19)17-7-9-20-10-8-17/h11-12,15H,2-10H2,1H3,(H,16,18). The Balaban J connectivity index is 1.67. The molecule has 0 aromatic carbocycles. The third-order valence-corrected chi connectivity index (χ3v) is 4.04. The van der Waals surface area contributed by atoms with Crippen LogP contribution in [-0.4, -0.2) is 61.6 Å². The lowest BCUT2D eigenvalue weighted by molar-refractivity contribution is -0.137. The highest BCUT2D eigenvalue weighted by molar-refractivity contribution is 5.84. The Kier molecular flexibility index (Phi) is 5.79. The van der Waals surface area contributed by atoms with Crippen LogP contribution in [0.15, 0.2) is 0 Å². The zero-order chi connectivity index (χ0) is 14.4. The highest BCUT2D eigenvalue weighted by Gasteiger charge is 2.23. The van der Waals surface area contributed by atoms with Crippen LogP contribution in [-0.2, 0) is 14.3 Å². The Bertz CT molecular complexity index is 343. The van der Waals surface area contributed by atoms with Crippen molar-refractivity contribution in [1.29, 1.82) is 0 Å². The van der Waals surface area contributed by atoms with Gasteiger partial charge in [-0.3, -0.25) is 9.59 Å². The van der Waals surface area contributed by atoms with Gasteiger partial charge in [-0.05, 0) is 26.3 Å². The second kappa shape index (κ2) is 7.59. The van der Waals surface area contributed by atoms with E-state index in [9.17, 15) is 9.59 Å². The fourth-order valence-corrected chi connectivity index (χ4v) is 2.71. The van der Waals surface area contributed by atoms with E-state index < -0.39 is 0 Å². The summed E-state index contributed by atoms with van der Waals surface area (Å²) in [5.41, 5.74) is 0. The predicted molar refractivity (Wildman–Crippen MR) is 75.3 cm³/mol. The summed E-state index contributed by atoms with van der Waals surface area (Å²) >= 11 is 0. The number of piperidine rings is 1. The van der Waals surface area contributed by atoms with Crippen LogP contribution in [0.1, 0.15) is 32.6 Å². The van der Waals surface area contributed by atoms with E-state index in [2.05, 4.69) is 17.6 Å². The van der Waals surface area contributed by atoms with Gasteiger partial charge in [0, 0.05) is 38.0 Å². The maximum absolute atomic E-state index is 11.9. The maximum atomic E-state index is 11.9. The summed E-state index contributed by atoms with van der Waals surface area (Å²) in [5.74, 6) is 0.0328. The normalized spacial score (nSPS) is 27.1. The molecule has 0 aromatic heterocycles. The third kappa shape index (κ3) is 4.45. The van der Waals surface area contributed by atoms with Gasteiger partial charge in [0.25, 0.3) is 0 Å². The van der Waals surface area contributed by atoms with Crippen LogP contribution in [0, 0.1) is 0 Å². The van der Waals surface area contributed by atoms with Crippen molar-refractivity contribution in [3.8, 4) is 0 Å². The van der Waals surface area contributed by atoms with Crippen LogP contribution in [0.4, 0.5) is 0 Å². The molecule has 2 aliphatic rings. The molecule has 2 heterocycles. The molecule has 6 heteroatoms. The minimum Gasteiger partial charge on any atom is -0.378 e. The van der Waals surface area contributed by atoms with Crippen molar-refractivity contribution >= 4 is 11.8 Å². The lowest BCUT2D eigenvalue weighted by atomic mass is 9.99. The molecule has 2 fully saturated rings. The molecule has 2 N–H and O–H groups in total. The number of carbonyl (C=O) groups is 2. The first-order valence-corrected chi connectivity index (χ1v) is 7.55. The molecule has 0 aromatic rings. The van der Waals surface area contributed by atoms with Crippen molar-refractivity contribution < 1.29 is 14.3 Å². The molecule has 2 amide bonds. The van der Waals surface area contributed by atoms with Gasteiger partial charge in [0.15, 0.2) is 0 Å². The van der Waals surface area contributed by atoms with Crippen molar-refractivity contribution in [3.63, 3.8) is 0 Å². The van der Waals surface area contributed by atoms with E-state index in [4.69, 9.17) is 4.74 Å². The lowest BCUT2D eigenvalue weighted by Gasteiger charge is -2.31. The Labute approximate surface area is 120 Å². The highest BCUT2D eigenvalue weighted by atomic mass is 16.5. The van der Waals surface area contributed by atoms with Gasteiger partial charge in [-0.1, -0.05) is 0 Å². The number of morpholine rings is 1. The van der Waals surface area contributed by atoms with Crippen LogP contribution < -0.4 is 10.6 Å².